The normalized spacial score (nSPS) is 12.8. The van der Waals surface area contributed by atoms with Crippen molar-refractivity contribution in [2.75, 3.05) is 0 Å². The Bertz CT molecular complexity index is 508. The predicted octanol–water partition coefficient (Wildman–Crippen LogP) is 2.79. The number of halogens is 2. The van der Waals surface area contributed by atoms with Crippen molar-refractivity contribution in [3.63, 3.8) is 0 Å². The maximum Gasteiger partial charge on any atom is 0.123 e. The van der Waals surface area contributed by atoms with Crippen molar-refractivity contribution in [2.45, 2.75) is 13.0 Å². The van der Waals surface area contributed by atoms with E-state index in [1.54, 1.807) is 23.1 Å². The second kappa shape index (κ2) is 4.35. The molecule has 0 aliphatic carbocycles. The minimum atomic E-state index is -0.290. The Morgan fingerprint density at radius 3 is 2.81 bits per heavy atom. The van der Waals surface area contributed by atoms with E-state index in [1.807, 2.05) is 6.92 Å². The highest BCUT2D eigenvalue weighted by Crippen LogP contribution is 2.22. The first kappa shape index (κ1) is 11.3. The molecule has 0 saturated carbocycles. The van der Waals surface area contributed by atoms with Gasteiger partial charge in [-0.25, -0.2) is 9.07 Å². The molecule has 1 aromatic heterocycles. The van der Waals surface area contributed by atoms with E-state index in [0.717, 1.165) is 15.7 Å². The van der Waals surface area contributed by atoms with E-state index >= 15 is 0 Å². The van der Waals surface area contributed by atoms with Crippen LogP contribution in [0.15, 0.2) is 35.1 Å². The highest BCUT2D eigenvalue weighted by atomic mass is 79.9. The third kappa shape index (κ3) is 2.15. The Morgan fingerprint density at radius 2 is 2.25 bits per heavy atom. The first-order valence-electron chi connectivity index (χ1n) is 4.83. The monoisotopic (exact) mass is 283 g/mol. The molecule has 2 rings (SSSR count). The smallest absolute Gasteiger partial charge is 0.123 e. The molecule has 16 heavy (non-hydrogen) atoms. The largest absolute Gasteiger partial charge is 0.324 e. The van der Waals surface area contributed by atoms with Gasteiger partial charge >= 0.3 is 0 Å². The van der Waals surface area contributed by atoms with Gasteiger partial charge in [0.1, 0.15) is 5.82 Å². The van der Waals surface area contributed by atoms with Crippen LogP contribution in [-0.4, -0.2) is 9.78 Å². The summed E-state index contributed by atoms with van der Waals surface area (Å²) in [4.78, 5) is 0. The second-order valence-electron chi connectivity index (χ2n) is 3.59. The number of aromatic nitrogens is 2. The van der Waals surface area contributed by atoms with Crippen LogP contribution in [-0.2, 0) is 0 Å². The summed E-state index contributed by atoms with van der Waals surface area (Å²) in [6.45, 7) is 1.82. The minimum absolute atomic E-state index is 0.242. The van der Waals surface area contributed by atoms with Gasteiger partial charge in [0.25, 0.3) is 0 Å². The summed E-state index contributed by atoms with van der Waals surface area (Å²) < 4.78 is 15.7. The number of hydrogen-bond donors (Lipinski definition) is 1. The van der Waals surface area contributed by atoms with Gasteiger partial charge in [0.15, 0.2) is 0 Å². The van der Waals surface area contributed by atoms with Gasteiger partial charge in [-0.2, -0.15) is 5.10 Å². The summed E-state index contributed by atoms with van der Waals surface area (Å²) >= 11 is 3.32. The van der Waals surface area contributed by atoms with E-state index in [1.165, 1.54) is 12.1 Å². The summed E-state index contributed by atoms with van der Waals surface area (Å²) in [7, 11) is 0. The SMILES string of the molecule is C[C@@H](N)c1cc(F)ccc1-n1cc(Br)cn1. The lowest BCUT2D eigenvalue weighted by atomic mass is 10.1. The summed E-state index contributed by atoms with van der Waals surface area (Å²) in [6, 6.07) is 4.27. The molecule has 2 aromatic rings. The van der Waals surface area contributed by atoms with Crippen LogP contribution in [0.1, 0.15) is 18.5 Å². The molecular formula is C11H11BrFN3. The summed E-state index contributed by atoms with van der Waals surface area (Å²) in [6.07, 6.45) is 3.48. The van der Waals surface area contributed by atoms with E-state index in [-0.39, 0.29) is 11.9 Å². The van der Waals surface area contributed by atoms with Crippen molar-refractivity contribution < 1.29 is 4.39 Å². The first-order valence-corrected chi connectivity index (χ1v) is 5.63. The maximum absolute atomic E-state index is 13.1. The molecule has 0 unspecified atom stereocenters. The van der Waals surface area contributed by atoms with Gasteiger partial charge in [0, 0.05) is 12.2 Å². The fourth-order valence-electron chi connectivity index (χ4n) is 1.53. The topological polar surface area (TPSA) is 43.8 Å². The van der Waals surface area contributed by atoms with Crippen molar-refractivity contribution >= 4 is 15.9 Å². The zero-order chi connectivity index (χ0) is 11.7. The van der Waals surface area contributed by atoms with Crippen LogP contribution in [0.2, 0.25) is 0 Å². The number of rotatable bonds is 2. The molecule has 1 aromatic carbocycles. The van der Waals surface area contributed by atoms with Crippen LogP contribution in [0, 0.1) is 5.82 Å². The Kier molecular flexibility index (Phi) is 3.07. The van der Waals surface area contributed by atoms with E-state index in [4.69, 9.17) is 5.73 Å². The van der Waals surface area contributed by atoms with Gasteiger partial charge in [0.05, 0.1) is 16.4 Å². The quantitative estimate of drug-likeness (QED) is 0.921. The molecule has 0 fully saturated rings. The molecule has 1 atom stereocenters. The lowest BCUT2D eigenvalue weighted by molar-refractivity contribution is 0.620. The molecular weight excluding hydrogens is 273 g/mol. The van der Waals surface area contributed by atoms with Crippen molar-refractivity contribution in [3.8, 4) is 5.69 Å². The molecule has 1 heterocycles. The fraction of sp³-hybridized carbons (Fsp3) is 0.182. The van der Waals surface area contributed by atoms with Gasteiger partial charge in [-0.15, -0.1) is 0 Å². The third-order valence-corrected chi connectivity index (χ3v) is 2.69. The van der Waals surface area contributed by atoms with Crippen LogP contribution in [0.4, 0.5) is 4.39 Å². The molecule has 84 valence electrons. The molecule has 0 aliphatic heterocycles. The average Bonchev–Trinajstić information content (AvgIpc) is 2.64. The lowest BCUT2D eigenvalue weighted by Crippen LogP contribution is -2.10. The van der Waals surface area contributed by atoms with Crippen molar-refractivity contribution in [3.05, 3.63) is 46.4 Å². The van der Waals surface area contributed by atoms with Gasteiger partial charge in [-0.3, -0.25) is 0 Å². The van der Waals surface area contributed by atoms with E-state index in [0.29, 0.717) is 0 Å². The summed E-state index contributed by atoms with van der Waals surface area (Å²) in [5.41, 5.74) is 7.33. The summed E-state index contributed by atoms with van der Waals surface area (Å²) in [5.74, 6) is -0.290. The molecule has 0 spiro atoms. The van der Waals surface area contributed by atoms with Crippen LogP contribution in [0.5, 0.6) is 0 Å². The molecule has 0 saturated heterocycles. The number of nitrogens with two attached hydrogens (primary N) is 1. The molecule has 5 heteroatoms. The van der Waals surface area contributed by atoms with Gasteiger partial charge < -0.3 is 5.73 Å². The van der Waals surface area contributed by atoms with Gasteiger partial charge in [0.2, 0.25) is 0 Å². The Balaban J connectivity index is 2.56. The van der Waals surface area contributed by atoms with Crippen LogP contribution in [0.3, 0.4) is 0 Å². The van der Waals surface area contributed by atoms with Crippen molar-refractivity contribution in [2.24, 2.45) is 5.73 Å². The maximum atomic E-state index is 13.1. The predicted molar refractivity (Wildman–Crippen MR) is 63.8 cm³/mol. The number of hydrogen-bond acceptors (Lipinski definition) is 2. The average molecular weight is 284 g/mol. The van der Waals surface area contributed by atoms with E-state index < -0.39 is 0 Å². The molecule has 3 nitrogen and oxygen atoms in total. The fourth-order valence-corrected chi connectivity index (χ4v) is 1.82. The minimum Gasteiger partial charge on any atom is -0.324 e. The first-order chi connectivity index (χ1) is 7.58. The molecule has 0 radical (unpaired) electrons. The highest BCUT2D eigenvalue weighted by molar-refractivity contribution is 9.10. The van der Waals surface area contributed by atoms with Crippen LogP contribution in [0.25, 0.3) is 5.69 Å². The Labute approximate surface area is 101 Å². The standard InChI is InChI=1S/C11H11BrFN3/c1-7(14)10-4-9(13)2-3-11(10)16-6-8(12)5-15-16/h2-7H,14H2,1H3/t7-/m1/s1. The Morgan fingerprint density at radius 1 is 1.50 bits per heavy atom. The van der Waals surface area contributed by atoms with E-state index in [9.17, 15) is 4.39 Å². The Hall–Kier alpha value is -1.20. The number of nitrogens with zero attached hydrogens (tertiary/aromatic N) is 2. The number of benzene rings is 1. The van der Waals surface area contributed by atoms with Crippen molar-refractivity contribution in [1.82, 2.24) is 9.78 Å². The second-order valence-corrected chi connectivity index (χ2v) is 4.51. The molecule has 2 N–H and O–H groups in total. The summed E-state index contributed by atoms with van der Waals surface area (Å²) in [5, 5.41) is 4.15. The third-order valence-electron chi connectivity index (χ3n) is 2.28. The van der Waals surface area contributed by atoms with Gasteiger partial charge in [-0.05, 0) is 46.6 Å². The molecule has 0 amide bonds. The van der Waals surface area contributed by atoms with E-state index in [2.05, 4.69) is 21.0 Å². The molecule has 0 bridgehead atoms. The van der Waals surface area contributed by atoms with Gasteiger partial charge in [-0.1, -0.05) is 0 Å². The molecule has 0 aliphatic rings. The lowest BCUT2D eigenvalue weighted by Gasteiger charge is -2.12. The zero-order valence-electron chi connectivity index (χ0n) is 8.69. The highest BCUT2D eigenvalue weighted by Gasteiger charge is 2.10. The van der Waals surface area contributed by atoms with Crippen LogP contribution >= 0.6 is 15.9 Å². The van der Waals surface area contributed by atoms with Crippen LogP contribution < -0.4 is 5.73 Å². The van der Waals surface area contributed by atoms with Crippen molar-refractivity contribution in [1.29, 1.82) is 0 Å². The zero-order valence-corrected chi connectivity index (χ0v) is 10.3.